The van der Waals surface area contributed by atoms with Gasteiger partial charge in [0.15, 0.2) is 18.2 Å². The Morgan fingerprint density at radius 3 is 2.69 bits per heavy atom. The number of amidine groups is 1. The molecule has 4 rings (SSSR count). The fourth-order valence-corrected chi connectivity index (χ4v) is 5.32. The zero-order chi connectivity index (χ0) is 26.3. The number of carbonyl (C=O) groups excluding carboxylic acids is 1. The molecule has 0 spiro atoms. The highest BCUT2D eigenvalue weighted by atomic mass is 32.2. The molecule has 1 aromatic carbocycles. The minimum Gasteiger partial charge on any atom is -0.505 e. The van der Waals surface area contributed by atoms with Crippen molar-refractivity contribution in [1.29, 1.82) is 0 Å². The number of nitrogens with two attached hydrogens (primary N) is 1. The summed E-state index contributed by atoms with van der Waals surface area (Å²) >= 11 is 1.32. The summed E-state index contributed by atoms with van der Waals surface area (Å²) in [5, 5.41) is 20.2. The lowest BCUT2D eigenvalue weighted by atomic mass is 9.90. The van der Waals surface area contributed by atoms with Crippen molar-refractivity contribution in [3.63, 3.8) is 0 Å². The molecule has 190 valence electrons. The molecule has 1 aliphatic rings. The van der Waals surface area contributed by atoms with Gasteiger partial charge >= 0.3 is 0 Å². The molecule has 36 heavy (non-hydrogen) atoms. The fourth-order valence-electron chi connectivity index (χ4n) is 3.47. The molecule has 0 bridgehead atoms. The van der Waals surface area contributed by atoms with E-state index in [9.17, 15) is 23.1 Å². The molecule has 1 amide bonds. The Balaban J connectivity index is 1.86. The molecule has 0 saturated carbocycles. The molecule has 0 atom stereocenters. The van der Waals surface area contributed by atoms with E-state index in [1.54, 1.807) is 17.5 Å². The second-order valence-corrected chi connectivity index (χ2v) is 11.5. The van der Waals surface area contributed by atoms with Crippen molar-refractivity contribution in [1.82, 2.24) is 9.78 Å². The smallest absolute Gasteiger partial charge is 0.286 e. The lowest BCUT2D eigenvalue weighted by molar-refractivity contribution is -0.119. The van der Waals surface area contributed by atoms with Crippen LogP contribution in [0.15, 0.2) is 49.8 Å². The molecule has 0 unspecified atom stereocenters. The van der Waals surface area contributed by atoms with Crippen molar-refractivity contribution < 1.29 is 23.1 Å². The summed E-state index contributed by atoms with van der Waals surface area (Å²) in [6.07, 6.45) is 0.757. The molecule has 3 aromatic rings. The van der Waals surface area contributed by atoms with E-state index in [1.165, 1.54) is 34.2 Å². The number of benzene rings is 1. The van der Waals surface area contributed by atoms with Crippen LogP contribution in [0.2, 0.25) is 0 Å². The predicted octanol–water partition coefficient (Wildman–Crippen LogP) is 2.54. The number of aromatic nitrogens is 2. The van der Waals surface area contributed by atoms with Crippen molar-refractivity contribution in [2.24, 2.45) is 15.5 Å². The van der Waals surface area contributed by atoms with E-state index in [0.29, 0.717) is 4.88 Å². The Morgan fingerprint density at radius 2 is 2.06 bits per heavy atom. The summed E-state index contributed by atoms with van der Waals surface area (Å²) in [4.78, 5) is 24.9. The number of fused-ring (bicyclic) bond motifs is 1. The Hall–Kier alpha value is -3.71. The van der Waals surface area contributed by atoms with Gasteiger partial charge in [-0.1, -0.05) is 26.8 Å². The van der Waals surface area contributed by atoms with Crippen LogP contribution in [0.5, 0.6) is 11.5 Å². The van der Waals surface area contributed by atoms with Gasteiger partial charge in [0.25, 0.3) is 21.5 Å². The Labute approximate surface area is 211 Å². The van der Waals surface area contributed by atoms with Gasteiger partial charge in [0.2, 0.25) is 0 Å². The van der Waals surface area contributed by atoms with E-state index in [2.05, 4.69) is 14.8 Å². The van der Waals surface area contributed by atoms with Gasteiger partial charge in [0, 0.05) is 6.07 Å². The van der Waals surface area contributed by atoms with Crippen molar-refractivity contribution in [2.45, 2.75) is 38.6 Å². The molecular formula is C23H25N5O6S2. The van der Waals surface area contributed by atoms with Crippen LogP contribution in [0.3, 0.4) is 0 Å². The zero-order valence-corrected chi connectivity index (χ0v) is 21.4. The number of sulfonamides is 1. The van der Waals surface area contributed by atoms with E-state index >= 15 is 0 Å². The number of rotatable bonds is 8. The minimum absolute atomic E-state index is 0.104. The normalized spacial score (nSPS) is 14.5. The maximum absolute atomic E-state index is 13.5. The first kappa shape index (κ1) is 25.4. The molecule has 11 nitrogen and oxygen atoms in total. The number of amides is 1. The first-order valence-electron chi connectivity index (χ1n) is 11.0. The van der Waals surface area contributed by atoms with Gasteiger partial charge in [-0.15, -0.1) is 15.7 Å². The van der Waals surface area contributed by atoms with Gasteiger partial charge in [-0.25, -0.2) is 4.68 Å². The van der Waals surface area contributed by atoms with Gasteiger partial charge in [-0.3, -0.25) is 9.59 Å². The highest BCUT2D eigenvalue weighted by Gasteiger charge is 2.32. The standard InChI is InChI=1S/C23H25N5O6S2/c1-4-23(2,3)12-28-22(31)18(20(30)19(26-28)15-6-5-9-35-15)21-25-14-8-7-13(34-11-17(24)29)10-16(14)36(32,33)27-21/h5-10,30H,4,11-12H2,1-3H3,(H2,24,29)(H,25,27). The summed E-state index contributed by atoms with van der Waals surface area (Å²) in [6.45, 7) is 5.76. The van der Waals surface area contributed by atoms with E-state index in [4.69, 9.17) is 10.5 Å². The largest absolute Gasteiger partial charge is 0.505 e. The fraction of sp³-hybridized carbons (Fsp3) is 0.304. The SMILES string of the molecule is CCC(C)(C)Cn1nc(-c2cccs2)c(O)c(C2=NS(=O)(=O)c3cc(OCC(N)=O)ccc3N2)c1=O. The number of hydrogen-bond acceptors (Lipinski definition) is 9. The van der Waals surface area contributed by atoms with Crippen molar-refractivity contribution in [3.8, 4) is 22.1 Å². The molecule has 0 fully saturated rings. The molecule has 3 heterocycles. The quantitative estimate of drug-likeness (QED) is 0.399. The summed E-state index contributed by atoms with van der Waals surface area (Å²) in [5.74, 6) is -1.41. The Morgan fingerprint density at radius 1 is 1.31 bits per heavy atom. The summed E-state index contributed by atoms with van der Waals surface area (Å²) < 4.78 is 36.4. The monoisotopic (exact) mass is 531 g/mol. The lowest BCUT2D eigenvalue weighted by Crippen LogP contribution is -2.36. The number of anilines is 1. The van der Waals surface area contributed by atoms with Crippen LogP contribution in [0, 0.1) is 5.41 Å². The molecule has 0 aliphatic carbocycles. The number of hydrogen-bond donors (Lipinski definition) is 3. The zero-order valence-electron chi connectivity index (χ0n) is 19.8. The summed E-state index contributed by atoms with van der Waals surface area (Å²) in [7, 11) is -4.30. The average Bonchev–Trinajstić information content (AvgIpc) is 3.34. The van der Waals surface area contributed by atoms with Crippen LogP contribution in [0.1, 0.15) is 32.8 Å². The summed E-state index contributed by atoms with van der Waals surface area (Å²) in [6, 6.07) is 7.58. The van der Waals surface area contributed by atoms with Gasteiger partial charge in [0.05, 0.1) is 17.1 Å². The predicted molar refractivity (Wildman–Crippen MR) is 136 cm³/mol. The third-order valence-electron chi connectivity index (χ3n) is 5.73. The van der Waals surface area contributed by atoms with Crippen molar-refractivity contribution >= 4 is 38.8 Å². The number of aromatic hydroxyl groups is 1. The van der Waals surface area contributed by atoms with E-state index < -0.39 is 33.8 Å². The molecule has 0 saturated heterocycles. The van der Waals surface area contributed by atoms with Gasteiger partial charge in [-0.2, -0.15) is 13.5 Å². The minimum atomic E-state index is -4.30. The number of primary amides is 1. The number of ether oxygens (including phenoxy) is 1. The van der Waals surface area contributed by atoms with Crippen LogP contribution in [-0.4, -0.2) is 41.7 Å². The molecule has 4 N–H and O–H groups in total. The number of nitrogens with zero attached hydrogens (tertiary/aromatic N) is 3. The highest BCUT2D eigenvalue weighted by Crippen LogP contribution is 2.36. The average molecular weight is 532 g/mol. The van der Waals surface area contributed by atoms with Crippen LogP contribution >= 0.6 is 11.3 Å². The highest BCUT2D eigenvalue weighted by molar-refractivity contribution is 7.90. The number of thiophene rings is 1. The first-order chi connectivity index (χ1) is 16.9. The van der Waals surface area contributed by atoms with E-state index in [0.717, 1.165) is 6.42 Å². The summed E-state index contributed by atoms with van der Waals surface area (Å²) in [5.41, 5.74) is 4.07. The van der Waals surface area contributed by atoms with Crippen molar-refractivity contribution in [3.05, 3.63) is 51.6 Å². The van der Waals surface area contributed by atoms with Crippen molar-refractivity contribution in [2.75, 3.05) is 11.9 Å². The van der Waals surface area contributed by atoms with Crippen LogP contribution in [0.25, 0.3) is 10.6 Å². The number of nitrogens with one attached hydrogen (secondary N) is 1. The van der Waals surface area contributed by atoms with Gasteiger partial charge < -0.3 is 20.9 Å². The first-order valence-corrected chi connectivity index (χ1v) is 13.3. The van der Waals surface area contributed by atoms with Gasteiger partial charge in [0.1, 0.15) is 21.9 Å². The second kappa shape index (κ2) is 9.39. The van der Waals surface area contributed by atoms with Gasteiger partial charge in [-0.05, 0) is 35.4 Å². The Kier molecular flexibility index (Phi) is 6.62. The maximum atomic E-state index is 13.5. The number of carbonyl (C=O) groups is 1. The molecule has 0 radical (unpaired) electrons. The van der Waals surface area contributed by atoms with E-state index in [-0.39, 0.29) is 45.4 Å². The molecule has 1 aliphatic heterocycles. The third-order valence-corrected chi connectivity index (χ3v) is 7.93. The van der Waals surface area contributed by atoms with Crippen LogP contribution in [-0.2, 0) is 21.4 Å². The Bertz CT molecular complexity index is 1530. The third kappa shape index (κ3) is 4.97. The lowest BCUT2D eigenvalue weighted by Gasteiger charge is -2.24. The van der Waals surface area contributed by atoms with Crippen LogP contribution in [0.4, 0.5) is 5.69 Å². The second-order valence-electron chi connectivity index (χ2n) is 8.98. The molecule has 13 heteroatoms. The molecular weight excluding hydrogens is 506 g/mol. The van der Waals surface area contributed by atoms with E-state index in [1.807, 2.05) is 20.8 Å². The van der Waals surface area contributed by atoms with Crippen LogP contribution < -0.4 is 21.3 Å². The molecule has 2 aromatic heterocycles. The maximum Gasteiger partial charge on any atom is 0.286 e. The topological polar surface area (TPSA) is 166 Å².